The van der Waals surface area contributed by atoms with Crippen LogP contribution in [-0.4, -0.2) is 49.3 Å². The van der Waals surface area contributed by atoms with Crippen molar-refractivity contribution < 1.29 is 37.6 Å². The van der Waals surface area contributed by atoms with Gasteiger partial charge in [0.05, 0.1) is 13.2 Å². The van der Waals surface area contributed by atoms with Crippen LogP contribution in [0.25, 0.3) is 0 Å². The molecule has 1 unspecified atom stereocenters. The number of unbranched alkanes of at least 4 members (excludes halogenated alkanes) is 15. The molecule has 0 aromatic carbocycles. The number of hydrogen-bond donors (Lipinski definition) is 2. The topological polar surface area (TPSA) is 134 Å². The number of nitrogens with two attached hydrogens (primary N) is 1. The molecular weight excluding hydrogens is 653 g/mol. The molecule has 50 heavy (non-hydrogen) atoms. The maximum atomic E-state index is 12.5. The van der Waals surface area contributed by atoms with E-state index in [0.29, 0.717) is 12.8 Å². The van der Waals surface area contributed by atoms with Gasteiger partial charge in [-0.2, -0.15) is 0 Å². The minimum Gasteiger partial charge on any atom is -0.462 e. The van der Waals surface area contributed by atoms with Gasteiger partial charge in [-0.05, 0) is 57.8 Å². The van der Waals surface area contributed by atoms with Crippen molar-refractivity contribution in [1.29, 1.82) is 0 Å². The number of esters is 2. The van der Waals surface area contributed by atoms with Gasteiger partial charge in [0.2, 0.25) is 0 Å². The van der Waals surface area contributed by atoms with E-state index in [9.17, 15) is 19.0 Å². The number of carbonyl (C=O) groups is 2. The minimum absolute atomic E-state index is 0.0457. The molecule has 0 radical (unpaired) electrons. The summed E-state index contributed by atoms with van der Waals surface area (Å²) in [5.41, 5.74) is 5.33. The predicted molar refractivity (Wildman–Crippen MR) is 206 cm³/mol. The quantitative estimate of drug-likeness (QED) is 0.0215. The third-order valence-corrected chi connectivity index (χ3v) is 8.72. The van der Waals surface area contributed by atoms with E-state index in [0.717, 1.165) is 70.6 Å². The van der Waals surface area contributed by atoms with E-state index in [1.807, 2.05) is 30.4 Å². The standard InChI is InChI=1S/C40H70NO8P/c1-3-5-7-9-11-13-15-17-19-21-22-24-26-28-30-32-39(42)46-36-38(37-48-50(44,45)47-35-34-41)49-40(43)33-31-29-27-25-23-20-18-16-14-12-10-8-6-4-2/h5,7,9,11,13,15-19,38H,3-4,6,8,10,12,14,20-37,41H2,1-2H3,(H,44,45)/b7-5+,11-9+,15-13+,18-16+,19-17+/t38-/m1/s1. The number of hydrogen-bond acceptors (Lipinski definition) is 8. The number of phosphoric ester groups is 1. The van der Waals surface area contributed by atoms with Crippen LogP contribution < -0.4 is 5.73 Å². The molecule has 2 atom stereocenters. The summed E-state index contributed by atoms with van der Waals surface area (Å²) >= 11 is 0. The lowest BCUT2D eigenvalue weighted by Gasteiger charge is -2.19. The Morgan fingerprint density at radius 2 is 1.12 bits per heavy atom. The number of carbonyl (C=O) groups excluding carboxylic acids is 2. The molecule has 0 spiro atoms. The first-order valence-electron chi connectivity index (χ1n) is 19.3. The van der Waals surface area contributed by atoms with E-state index in [1.165, 1.54) is 38.5 Å². The second kappa shape index (κ2) is 36.5. The first-order chi connectivity index (χ1) is 24.3. The number of ether oxygens (including phenoxy) is 2. The Labute approximate surface area is 304 Å². The average molecular weight is 724 g/mol. The molecule has 0 fully saturated rings. The molecule has 0 aliphatic rings. The van der Waals surface area contributed by atoms with Crippen LogP contribution in [0, 0.1) is 0 Å². The lowest BCUT2D eigenvalue weighted by atomic mass is 10.1. The van der Waals surface area contributed by atoms with Crippen molar-refractivity contribution in [3.8, 4) is 0 Å². The molecule has 0 aromatic heterocycles. The Morgan fingerprint density at radius 1 is 0.620 bits per heavy atom. The molecule has 0 aliphatic heterocycles. The number of allylic oxidation sites excluding steroid dienone is 10. The molecule has 288 valence electrons. The first-order valence-corrected chi connectivity index (χ1v) is 20.8. The van der Waals surface area contributed by atoms with Gasteiger partial charge in [-0.25, -0.2) is 4.57 Å². The summed E-state index contributed by atoms with van der Waals surface area (Å²) < 4.78 is 32.6. The van der Waals surface area contributed by atoms with Gasteiger partial charge in [0.15, 0.2) is 6.10 Å². The average Bonchev–Trinajstić information content (AvgIpc) is 3.10. The monoisotopic (exact) mass is 723 g/mol. The van der Waals surface area contributed by atoms with Crippen molar-refractivity contribution in [3.05, 3.63) is 60.8 Å². The second-order valence-electron chi connectivity index (χ2n) is 12.5. The Morgan fingerprint density at radius 3 is 1.70 bits per heavy atom. The van der Waals surface area contributed by atoms with Gasteiger partial charge in [0.1, 0.15) is 6.61 Å². The summed E-state index contributed by atoms with van der Waals surface area (Å²) in [5, 5.41) is 0. The first kappa shape index (κ1) is 47.7. The van der Waals surface area contributed by atoms with Gasteiger partial charge in [0.25, 0.3) is 0 Å². The SMILES string of the molecule is CC/C=C/C=C/C=C/C=C/CCCCCCCC(=O)OC[C@H](COP(=O)(O)OCCN)OC(=O)CCCCCCC/C=C/CCCCCCC. The zero-order valence-corrected chi connectivity index (χ0v) is 32.3. The Hall–Kier alpha value is -2.29. The van der Waals surface area contributed by atoms with Crippen LogP contribution in [-0.2, 0) is 32.7 Å². The third kappa shape index (κ3) is 35.5. The van der Waals surface area contributed by atoms with Crippen LogP contribution in [0.3, 0.4) is 0 Å². The van der Waals surface area contributed by atoms with E-state index in [4.69, 9.17) is 24.3 Å². The van der Waals surface area contributed by atoms with Crippen LogP contribution in [0.15, 0.2) is 60.8 Å². The fourth-order valence-corrected chi connectivity index (χ4v) is 5.64. The van der Waals surface area contributed by atoms with E-state index >= 15 is 0 Å². The molecule has 9 nitrogen and oxygen atoms in total. The molecule has 0 bridgehead atoms. The van der Waals surface area contributed by atoms with Crippen LogP contribution >= 0.6 is 7.82 Å². The fourth-order valence-electron chi connectivity index (χ4n) is 4.87. The molecular formula is C40H70NO8P. The van der Waals surface area contributed by atoms with Gasteiger partial charge >= 0.3 is 19.8 Å². The van der Waals surface area contributed by atoms with Crippen molar-refractivity contribution >= 4 is 19.8 Å². The maximum absolute atomic E-state index is 12.5. The lowest BCUT2D eigenvalue weighted by Crippen LogP contribution is -2.29. The summed E-state index contributed by atoms with van der Waals surface area (Å²) in [6, 6.07) is 0. The van der Waals surface area contributed by atoms with E-state index < -0.39 is 32.5 Å². The molecule has 0 saturated carbocycles. The van der Waals surface area contributed by atoms with E-state index in [2.05, 4.69) is 44.2 Å². The smallest absolute Gasteiger partial charge is 0.462 e. The summed E-state index contributed by atoms with van der Waals surface area (Å²) in [6.07, 6.45) is 41.0. The van der Waals surface area contributed by atoms with Crippen molar-refractivity contribution in [2.45, 2.75) is 155 Å². The third-order valence-electron chi connectivity index (χ3n) is 7.73. The zero-order valence-electron chi connectivity index (χ0n) is 31.4. The largest absolute Gasteiger partial charge is 0.472 e. The zero-order chi connectivity index (χ0) is 36.8. The highest BCUT2D eigenvalue weighted by Crippen LogP contribution is 2.43. The predicted octanol–water partition coefficient (Wildman–Crippen LogP) is 10.5. The van der Waals surface area contributed by atoms with Gasteiger partial charge in [0, 0.05) is 19.4 Å². The van der Waals surface area contributed by atoms with Gasteiger partial charge in [-0.15, -0.1) is 0 Å². The van der Waals surface area contributed by atoms with Gasteiger partial charge in [-0.3, -0.25) is 18.6 Å². The van der Waals surface area contributed by atoms with E-state index in [1.54, 1.807) is 0 Å². The Kier molecular flexibility index (Phi) is 34.8. The summed E-state index contributed by atoms with van der Waals surface area (Å²) in [6.45, 7) is 3.52. The molecule has 10 heteroatoms. The lowest BCUT2D eigenvalue weighted by molar-refractivity contribution is -0.161. The molecule has 0 saturated heterocycles. The van der Waals surface area contributed by atoms with E-state index in [-0.39, 0.29) is 32.6 Å². The van der Waals surface area contributed by atoms with Crippen LogP contribution in [0.2, 0.25) is 0 Å². The van der Waals surface area contributed by atoms with Crippen molar-refractivity contribution in [2.24, 2.45) is 5.73 Å². The second-order valence-corrected chi connectivity index (χ2v) is 14.0. The Bertz CT molecular complexity index is 1010. The fraction of sp³-hybridized carbons (Fsp3) is 0.700. The van der Waals surface area contributed by atoms with Crippen LogP contribution in [0.4, 0.5) is 0 Å². The highest BCUT2D eigenvalue weighted by molar-refractivity contribution is 7.47. The highest BCUT2D eigenvalue weighted by atomic mass is 31.2. The molecule has 0 heterocycles. The summed E-state index contributed by atoms with van der Waals surface area (Å²) in [7, 11) is -4.38. The van der Waals surface area contributed by atoms with Crippen molar-refractivity contribution in [1.82, 2.24) is 0 Å². The van der Waals surface area contributed by atoms with Crippen molar-refractivity contribution in [3.63, 3.8) is 0 Å². The molecule has 0 aromatic rings. The summed E-state index contributed by atoms with van der Waals surface area (Å²) in [5.74, 6) is -0.872. The molecule has 0 amide bonds. The molecule has 0 rings (SSSR count). The normalized spacial score (nSPS) is 14.1. The van der Waals surface area contributed by atoms with Crippen LogP contribution in [0.1, 0.15) is 149 Å². The summed E-state index contributed by atoms with van der Waals surface area (Å²) in [4.78, 5) is 34.7. The number of phosphoric acid groups is 1. The highest BCUT2D eigenvalue weighted by Gasteiger charge is 2.25. The van der Waals surface area contributed by atoms with Gasteiger partial charge in [-0.1, -0.05) is 139 Å². The molecule has 0 aliphatic carbocycles. The van der Waals surface area contributed by atoms with Crippen LogP contribution in [0.5, 0.6) is 0 Å². The van der Waals surface area contributed by atoms with Gasteiger partial charge < -0.3 is 20.1 Å². The minimum atomic E-state index is -4.38. The number of rotatable bonds is 35. The molecule has 3 N–H and O–H groups in total. The van der Waals surface area contributed by atoms with Crippen molar-refractivity contribution in [2.75, 3.05) is 26.4 Å². The Balaban J connectivity index is 4.29. The maximum Gasteiger partial charge on any atom is 0.472 e.